The van der Waals surface area contributed by atoms with E-state index < -0.39 is 15.9 Å². The van der Waals surface area contributed by atoms with Gasteiger partial charge in [-0.25, -0.2) is 17.7 Å². The van der Waals surface area contributed by atoms with Gasteiger partial charge in [0.25, 0.3) is 0 Å². The highest BCUT2D eigenvalue weighted by Crippen LogP contribution is 2.33. The van der Waals surface area contributed by atoms with Gasteiger partial charge in [0, 0.05) is 30.7 Å². The van der Waals surface area contributed by atoms with Crippen LogP contribution in [0.15, 0.2) is 41.1 Å². The Morgan fingerprint density at radius 1 is 1.15 bits per heavy atom. The Labute approximate surface area is 233 Å². The number of anilines is 1. The first-order chi connectivity index (χ1) is 18.9. The molecule has 5 rings (SSSR count). The Balaban J connectivity index is 1.30. The summed E-state index contributed by atoms with van der Waals surface area (Å²) in [5.41, 5.74) is 3.19. The molecule has 40 heavy (non-hydrogen) atoms. The predicted octanol–water partition coefficient (Wildman–Crippen LogP) is 3.63. The number of carbonyl (C=O) groups is 1. The van der Waals surface area contributed by atoms with Gasteiger partial charge in [-0.3, -0.25) is 9.89 Å². The van der Waals surface area contributed by atoms with Crippen LogP contribution in [0.1, 0.15) is 68.7 Å². The first-order valence-electron chi connectivity index (χ1n) is 13.2. The molecule has 3 aromatic heterocycles. The molecule has 13 heteroatoms. The highest BCUT2D eigenvalue weighted by molar-refractivity contribution is 7.88. The summed E-state index contributed by atoms with van der Waals surface area (Å²) in [5.74, 6) is 0.682. The summed E-state index contributed by atoms with van der Waals surface area (Å²) in [7, 11) is -3.18. The Hall–Kier alpha value is -3.84. The maximum Gasteiger partial charge on any atom is 0.315 e. The van der Waals surface area contributed by atoms with Crippen molar-refractivity contribution in [1.82, 2.24) is 34.9 Å². The average molecular weight is 567 g/mol. The molecular formula is C27H34N8O4S. The molecule has 1 saturated heterocycles. The smallest absolute Gasteiger partial charge is 0.315 e. The third-order valence-electron chi connectivity index (χ3n) is 7.09. The fraction of sp³-hybridized carbons (Fsp3) is 0.444. The van der Waals surface area contributed by atoms with Crippen LogP contribution in [0, 0.1) is 0 Å². The van der Waals surface area contributed by atoms with Crippen molar-refractivity contribution in [2.24, 2.45) is 0 Å². The maximum absolute atomic E-state index is 12.7. The van der Waals surface area contributed by atoms with Crippen molar-refractivity contribution in [3.8, 4) is 11.1 Å². The Bertz CT molecular complexity index is 1610. The average Bonchev–Trinajstić information content (AvgIpc) is 3.57. The Morgan fingerprint density at radius 3 is 2.48 bits per heavy atom. The topological polar surface area (TPSA) is 159 Å². The van der Waals surface area contributed by atoms with Crippen LogP contribution >= 0.6 is 0 Å². The molecule has 1 unspecified atom stereocenters. The summed E-state index contributed by atoms with van der Waals surface area (Å²) in [5, 5.41) is 18.7. The largest absolute Gasteiger partial charge is 0.365 e. The van der Waals surface area contributed by atoms with Crippen LogP contribution in [0.3, 0.4) is 0 Å². The molecule has 0 spiro atoms. The van der Waals surface area contributed by atoms with Crippen molar-refractivity contribution in [3.63, 3.8) is 0 Å². The number of rotatable bonds is 7. The number of carbonyl (C=O) groups excluding carboxylic acids is 1. The van der Waals surface area contributed by atoms with E-state index in [1.807, 2.05) is 58.0 Å². The zero-order valence-electron chi connectivity index (χ0n) is 23.2. The Morgan fingerprint density at radius 2 is 1.85 bits per heavy atom. The lowest BCUT2D eigenvalue weighted by Gasteiger charge is -2.30. The van der Waals surface area contributed by atoms with Crippen molar-refractivity contribution in [2.45, 2.75) is 58.0 Å². The number of aromatic nitrogens is 5. The quantitative estimate of drug-likeness (QED) is 0.304. The van der Waals surface area contributed by atoms with Crippen LogP contribution < -0.4 is 10.6 Å². The molecule has 1 aromatic carbocycles. The van der Waals surface area contributed by atoms with Gasteiger partial charge < -0.3 is 15.2 Å². The molecule has 0 saturated carbocycles. The SMILES string of the molecule is CC(NC(=O)c1nc(C(C)(C)C)no1)c1ccc(-c2ccnc3[nH]nc(NC4CCN(S(C)(=O)=O)CC4)c23)cc1. The lowest BCUT2D eigenvalue weighted by atomic mass is 9.96. The molecule has 1 aliphatic rings. The molecule has 212 valence electrons. The number of hydrogen-bond acceptors (Lipinski definition) is 9. The minimum absolute atomic E-state index is 0.0606. The number of pyridine rings is 1. The van der Waals surface area contributed by atoms with Gasteiger partial charge in [-0.05, 0) is 42.5 Å². The van der Waals surface area contributed by atoms with E-state index in [-0.39, 0.29) is 23.4 Å². The van der Waals surface area contributed by atoms with Gasteiger partial charge in [-0.2, -0.15) is 10.1 Å². The number of sulfonamides is 1. The molecule has 1 atom stereocenters. The summed E-state index contributed by atoms with van der Waals surface area (Å²) < 4.78 is 30.4. The van der Waals surface area contributed by atoms with E-state index in [9.17, 15) is 13.2 Å². The molecular weight excluding hydrogens is 532 g/mol. The highest BCUT2D eigenvalue weighted by atomic mass is 32.2. The van der Waals surface area contributed by atoms with Crippen LogP contribution in [0.2, 0.25) is 0 Å². The number of nitrogens with zero attached hydrogens (tertiary/aromatic N) is 5. The normalized spacial score (nSPS) is 16.2. The number of fused-ring (bicyclic) bond motifs is 1. The van der Waals surface area contributed by atoms with E-state index in [2.05, 4.69) is 36.0 Å². The number of nitrogens with one attached hydrogen (secondary N) is 3. The fourth-order valence-corrected chi connectivity index (χ4v) is 5.61. The monoisotopic (exact) mass is 566 g/mol. The van der Waals surface area contributed by atoms with Gasteiger partial charge >= 0.3 is 11.8 Å². The molecule has 1 fully saturated rings. The van der Waals surface area contributed by atoms with Crippen LogP contribution in [0.5, 0.6) is 0 Å². The van der Waals surface area contributed by atoms with E-state index in [1.165, 1.54) is 10.6 Å². The van der Waals surface area contributed by atoms with Crippen LogP contribution in [0.4, 0.5) is 5.82 Å². The van der Waals surface area contributed by atoms with Crippen molar-refractivity contribution in [3.05, 3.63) is 53.8 Å². The number of hydrogen-bond donors (Lipinski definition) is 3. The minimum atomic E-state index is -3.18. The molecule has 1 amide bonds. The molecule has 0 aliphatic carbocycles. The van der Waals surface area contributed by atoms with E-state index >= 15 is 0 Å². The van der Waals surface area contributed by atoms with Crippen molar-refractivity contribution >= 4 is 32.8 Å². The van der Waals surface area contributed by atoms with Gasteiger partial charge in [-0.15, -0.1) is 0 Å². The third-order valence-corrected chi connectivity index (χ3v) is 8.39. The van der Waals surface area contributed by atoms with E-state index in [1.54, 1.807) is 6.20 Å². The molecule has 0 bridgehead atoms. The van der Waals surface area contributed by atoms with Gasteiger partial charge in [-0.1, -0.05) is 50.2 Å². The van der Waals surface area contributed by atoms with E-state index in [0.29, 0.717) is 43.2 Å². The van der Waals surface area contributed by atoms with Gasteiger partial charge in [0.2, 0.25) is 10.0 Å². The predicted molar refractivity (Wildman–Crippen MR) is 151 cm³/mol. The minimum Gasteiger partial charge on any atom is -0.365 e. The summed E-state index contributed by atoms with van der Waals surface area (Å²) in [6.07, 6.45) is 4.36. The molecule has 3 N–H and O–H groups in total. The highest BCUT2D eigenvalue weighted by Gasteiger charge is 2.27. The second-order valence-electron chi connectivity index (χ2n) is 11.2. The van der Waals surface area contributed by atoms with E-state index in [0.717, 1.165) is 22.1 Å². The van der Waals surface area contributed by atoms with Gasteiger partial charge in [0.1, 0.15) is 0 Å². The number of aromatic amines is 1. The van der Waals surface area contributed by atoms with Gasteiger partial charge in [0.15, 0.2) is 17.3 Å². The fourth-order valence-electron chi connectivity index (χ4n) is 4.73. The van der Waals surface area contributed by atoms with Crippen molar-refractivity contribution < 1.29 is 17.7 Å². The zero-order chi connectivity index (χ0) is 28.7. The molecule has 1 aliphatic heterocycles. The number of benzene rings is 1. The number of amides is 1. The number of H-pyrrole nitrogens is 1. The van der Waals surface area contributed by atoms with Crippen molar-refractivity contribution in [1.29, 1.82) is 0 Å². The third kappa shape index (κ3) is 5.85. The Kier molecular flexibility index (Phi) is 7.36. The van der Waals surface area contributed by atoms with Gasteiger partial charge in [0.05, 0.1) is 17.7 Å². The van der Waals surface area contributed by atoms with Crippen molar-refractivity contribution in [2.75, 3.05) is 24.7 Å². The summed E-state index contributed by atoms with van der Waals surface area (Å²) in [4.78, 5) is 21.3. The standard InChI is InChI=1S/C27H34N8O4S/c1-16(29-24(36)25-31-26(34-39-25)27(2,3)4)17-6-8-18(9-7-17)20-10-13-28-22-21(20)23(33-32-22)30-19-11-14-35(15-12-19)40(5,37)38/h6-10,13,16,19H,11-12,14-15H2,1-5H3,(H,29,36)(H2,28,30,32,33). The second kappa shape index (κ2) is 10.6. The molecule has 12 nitrogen and oxygen atoms in total. The molecule has 4 heterocycles. The first-order valence-corrected chi connectivity index (χ1v) is 15.0. The first kappa shape index (κ1) is 27.7. The zero-order valence-corrected chi connectivity index (χ0v) is 24.0. The van der Waals surface area contributed by atoms with E-state index in [4.69, 9.17) is 4.52 Å². The van der Waals surface area contributed by atoms with Crippen LogP contribution in [0.25, 0.3) is 22.2 Å². The number of piperidine rings is 1. The lowest BCUT2D eigenvalue weighted by molar-refractivity contribution is 0.0895. The molecule has 0 radical (unpaired) electrons. The maximum atomic E-state index is 12.7. The second-order valence-corrected chi connectivity index (χ2v) is 13.2. The summed E-state index contributed by atoms with van der Waals surface area (Å²) in [6.45, 7) is 8.70. The van der Waals surface area contributed by atoms with Crippen LogP contribution in [-0.4, -0.2) is 69.3 Å². The lowest BCUT2D eigenvalue weighted by Crippen LogP contribution is -2.41. The summed E-state index contributed by atoms with van der Waals surface area (Å²) >= 11 is 0. The molecule has 4 aromatic rings. The van der Waals surface area contributed by atoms with Crippen LogP contribution in [-0.2, 0) is 15.4 Å². The summed E-state index contributed by atoms with van der Waals surface area (Å²) in [6, 6.07) is 9.69.